The Morgan fingerprint density at radius 1 is 1.04 bits per heavy atom. The molecule has 25 heavy (non-hydrogen) atoms. The van der Waals surface area contributed by atoms with Crippen LogP contribution < -0.4 is 15.0 Å². The van der Waals surface area contributed by atoms with Crippen molar-refractivity contribution in [3.8, 4) is 5.75 Å². The monoisotopic (exact) mass is 340 g/mol. The number of anilines is 1. The van der Waals surface area contributed by atoms with Crippen LogP contribution in [-0.2, 0) is 13.1 Å². The summed E-state index contributed by atoms with van der Waals surface area (Å²) >= 11 is 0. The van der Waals surface area contributed by atoms with Crippen molar-refractivity contribution in [3.05, 3.63) is 59.7 Å². The van der Waals surface area contributed by atoms with Gasteiger partial charge in [0.1, 0.15) is 5.75 Å². The highest BCUT2D eigenvalue weighted by Gasteiger charge is 2.09. The highest BCUT2D eigenvalue weighted by atomic mass is 16.5. The highest BCUT2D eigenvalue weighted by molar-refractivity contribution is 5.79. The molecular formula is C20H28N4O. The van der Waals surface area contributed by atoms with Crippen LogP contribution in [0.3, 0.4) is 0 Å². The lowest BCUT2D eigenvalue weighted by Gasteiger charge is -2.23. The van der Waals surface area contributed by atoms with E-state index < -0.39 is 0 Å². The summed E-state index contributed by atoms with van der Waals surface area (Å²) in [5.41, 5.74) is 3.55. The molecule has 0 spiro atoms. The molecule has 5 heteroatoms. The average molecular weight is 340 g/mol. The molecular weight excluding hydrogens is 312 g/mol. The van der Waals surface area contributed by atoms with Gasteiger partial charge in [0, 0.05) is 52.5 Å². The van der Waals surface area contributed by atoms with Crippen molar-refractivity contribution in [1.82, 2.24) is 10.2 Å². The van der Waals surface area contributed by atoms with Gasteiger partial charge in [-0.1, -0.05) is 30.3 Å². The fourth-order valence-electron chi connectivity index (χ4n) is 2.64. The van der Waals surface area contributed by atoms with E-state index in [0.717, 1.165) is 30.4 Å². The lowest BCUT2D eigenvalue weighted by Crippen LogP contribution is -2.38. The molecule has 0 aliphatic carbocycles. The number of hydrogen-bond donors (Lipinski definition) is 1. The first-order valence-electron chi connectivity index (χ1n) is 8.35. The van der Waals surface area contributed by atoms with Gasteiger partial charge < -0.3 is 19.9 Å². The van der Waals surface area contributed by atoms with Crippen LogP contribution in [0.2, 0.25) is 0 Å². The quantitative estimate of drug-likeness (QED) is 0.648. The van der Waals surface area contributed by atoms with Gasteiger partial charge in [-0.25, -0.2) is 0 Å². The molecule has 0 saturated carbocycles. The summed E-state index contributed by atoms with van der Waals surface area (Å²) < 4.78 is 5.43. The molecule has 0 amide bonds. The molecule has 134 valence electrons. The largest absolute Gasteiger partial charge is 0.496 e. The molecule has 0 aromatic heterocycles. The smallest absolute Gasteiger partial charge is 0.193 e. The first kappa shape index (κ1) is 18.6. The summed E-state index contributed by atoms with van der Waals surface area (Å²) in [5.74, 6) is 1.74. The van der Waals surface area contributed by atoms with Gasteiger partial charge in [0.25, 0.3) is 0 Å². The Bertz CT molecular complexity index is 695. The number of nitrogens with zero attached hydrogens (tertiary/aromatic N) is 3. The van der Waals surface area contributed by atoms with E-state index in [-0.39, 0.29) is 0 Å². The Morgan fingerprint density at radius 2 is 1.72 bits per heavy atom. The predicted octanol–water partition coefficient (Wildman–Crippen LogP) is 2.97. The number of hydrogen-bond acceptors (Lipinski definition) is 3. The molecule has 2 aromatic rings. The SMILES string of the molecule is CN=C(NCc1ccc(N(C)C)cc1)N(C)Cc1ccccc1OC. The van der Waals surface area contributed by atoms with E-state index in [0.29, 0.717) is 0 Å². The number of methoxy groups -OCH3 is 1. The highest BCUT2D eigenvalue weighted by Crippen LogP contribution is 2.18. The maximum absolute atomic E-state index is 5.43. The number of guanidine groups is 1. The Balaban J connectivity index is 1.97. The maximum Gasteiger partial charge on any atom is 0.193 e. The van der Waals surface area contributed by atoms with E-state index in [2.05, 4.69) is 50.4 Å². The van der Waals surface area contributed by atoms with E-state index in [1.165, 1.54) is 11.3 Å². The second-order valence-corrected chi connectivity index (χ2v) is 6.13. The Morgan fingerprint density at radius 3 is 2.32 bits per heavy atom. The summed E-state index contributed by atoms with van der Waals surface area (Å²) in [6, 6.07) is 16.6. The van der Waals surface area contributed by atoms with Crippen LogP contribution in [0.25, 0.3) is 0 Å². The average Bonchev–Trinajstić information content (AvgIpc) is 2.63. The van der Waals surface area contributed by atoms with E-state index in [9.17, 15) is 0 Å². The van der Waals surface area contributed by atoms with Gasteiger partial charge in [0.15, 0.2) is 5.96 Å². The van der Waals surface area contributed by atoms with Crippen molar-refractivity contribution < 1.29 is 4.74 Å². The number of aliphatic imine (C=N–C) groups is 1. The minimum atomic E-state index is 0.725. The number of nitrogens with one attached hydrogen (secondary N) is 1. The van der Waals surface area contributed by atoms with Crippen molar-refractivity contribution >= 4 is 11.6 Å². The van der Waals surface area contributed by atoms with Crippen molar-refractivity contribution in [2.75, 3.05) is 40.2 Å². The standard InChI is InChI=1S/C20H28N4O/c1-21-20(22-14-16-10-12-18(13-11-16)23(2)3)24(4)15-17-8-6-7-9-19(17)25-5/h6-13H,14-15H2,1-5H3,(H,21,22). The Kier molecular flexibility index (Phi) is 6.69. The Hall–Kier alpha value is -2.69. The lowest BCUT2D eigenvalue weighted by molar-refractivity contribution is 0.396. The first-order chi connectivity index (χ1) is 12.0. The van der Waals surface area contributed by atoms with Crippen LogP contribution in [0, 0.1) is 0 Å². The van der Waals surface area contributed by atoms with Crippen molar-refractivity contribution in [2.45, 2.75) is 13.1 Å². The zero-order chi connectivity index (χ0) is 18.2. The molecule has 0 aliphatic heterocycles. The van der Waals surface area contributed by atoms with Crippen LogP contribution in [0.15, 0.2) is 53.5 Å². The zero-order valence-electron chi connectivity index (χ0n) is 15.8. The van der Waals surface area contributed by atoms with Crippen LogP contribution in [0.5, 0.6) is 5.75 Å². The molecule has 2 rings (SSSR count). The zero-order valence-corrected chi connectivity index (χ0v) is 15.8. The van der Waals surface area contributed by atoms with Crippen LogP contribution >= 0.6 is 0 Å². The predicted molar refractivity (Wildman–Crippen MR) is 105 cm³/mol. The van der Waals surface area contributed by atoms with Crippen molar-refractivity contribution in [3.63, 3.8) is 0 Å². The van der Waals surface area contributed by atoms with Gasteiger partial charge in [-0.05, 0) is 23.8 Å². The number of rotatable bonds is 6. The molecule has 2 aromatic carbocycles. The molecule has 0 heterocycles. The third-order valence-electron chi connectivity index (χ3n) is 4.08. The first-order valence-corrected chi connectivity index (χ1v) is 8.35. The summed E-state index contributed by atoms with van der Waals surface area (Å²) in [6.45, 7) is 1.46. The molecule has 0 saturated heterocycles. The van der Waals surface area contributed by atoms with E-state index >= 15 is 0 Å². The molecule has 5 nitrogen and oxygen atoms in total. The molecule has 0 bridgehead atoms. The minimum Gasteiger partial charge on any atom is -0.496 e. The normalized spacial score (nSPS) is 11.2. The van der Waals surface area contributed by atoms with Crippen LogP contribution in [0.4, 0.5) is 5.69 Å². The van der Waals surface area contributed by atoms with Gasteiger partial charge in [0.2, 0.25) is 0 Å². The summed E-state index contributed by atoms with van der Waals surface area (Å²) in [7, 11) is 9.61. The van der Waals surface area contributed by atoms with Crippen LogP contribution in [0.1, 0.15) is 11.1 Å². The Labute approximate surface area is 150 Å². The van der Waals surface area contributed by atoms with Gasteiger partial charge in [-0.2, -0.15) is 0 Å². The van der Waals surface area contributed by atoms with Crippen molar-refractivity contribution in [2.24, 2.45) is 4.99 Å². The fraction of sp³-hybridized carbons (Fsp3) is 0.350. The van der Waals surface area contributed by atoms with E-state index in [4.69, 9.17) is 4.74 Å². The van der Waals surface area contributed by atoms with Gasteiger partial charge >= 0.3 is 0 Å². The minimum absolute atomic E-state index is 0.725. The second kappa shape index (κ2) is 8.97. The topological polar surface area (TPSA) is 40.1 Å². The van der Waals surface area contributed by atoms with E-state index in [1.54, 1.807) is 14.2 Å². The molecule has 0 radical (unpaired) electrons. The summed E-state index contributed by atoms with van der Waals surface area (Å²) in [4.78, 5) is 8.57. The lowest BCUT2D eigenvalue weighted by atomic mass is 10.2. The molecule has 1 N–H and O–H groups in total. The molecule has 0 fully saturated rings. The van der Waals surface area contributed by atoms with Gasteiger partial charge in [-0.15, -0.1) is 0 Å². The summed E-state index contributed by atoms with van der Waals surface area (Å²) in [6.07, 6.45) is 0. The van der Waals surface area contributed by atoms with Crippen LogP contribution in [-0.4, -0.2) is 46.2 Å². The van der Waals surface area contributed by atoms with Gasteiger partial charge in [-0.3, -0.25) is 4.99 Å². The molecule has 0 atom stereocenters. The molecule has 0 aliphatic rings. The second-order valence-electron chi connectivity index (χ2n) is 6.13. The fourth-order valence-corrected chi connectivity index (χ4v) is 2.64. The molecule has 0 unspecified atom stereocenters. The maximum atomic E-state index is 5.43. The number of benzene rings is 2. The number of ether oxygens (including phenoxy) is 1. The number of para-hydroxylation sites is 1. The third kappa shape index (κ3) is 5.14. The van der Waals surface area contributed by atoms with Gasteiger partial charge in [0.05, 0.1) is 7.11 Å². The third-order valence-corrected chi connectivity index (χ3v) is 4.08. The van der Waals surface area contributed by atoms with Crippen molar-refractivity contribution in [1.29, 1.82) is 0 Å². The van der Waals surface area contributed by atoms with E-state index in [1.807, 2.05) is 39.3 Å². The summed E-state index contributed by atoms with van der Waals surface area (Å²) in [5, 5.41) is 3.41.